The normalized spacial score (nSPS) is 14.8. The molecule has 1 aromatic carbocycles. The quantitative estimate of drug-likeness (QED) is 0.609. The summed E-state index contributed by atoms with van der Waals surface area (Å²) >= 11 is 4.76. The number of hydrogen-bond acceptors (Lipinski definition) is 5. The molecule has 2 amide bonds. The lowest BCUT2D eigenvalue weighted by Crippen LogP contribution is -2.47. The van der Waals surface area contributed by atoms with Crippen molar-refractivity contribution in [3.63, 3.8) is 0 Å². The van der Waals surface area contributed by atoms with Crippen molar-refractivity contribution in [2.75, 3.05) is 13.1 Å². The Hall–Kier alpha value is -2.44. The first-order valence-corrected chi connectivity index (χ1v) is 11.5. The minimum Gasteiger partial charge on any atom is -0.444 e. The van der Waals surface area contributed by atoms with E-state index in [-0.39, 0.29) is 17.5 Å². The molecule has 164 valence electrons. The molecule has 9 heteroatoms. The highest BCUT2D eigenvalue weighted by molar-refractivity contribution is 9.11. The van der Waals surface area contributed by atoms with Crippen LogP contribution in [0.2, 0.25) is 0 Å². The maximum absolute atomic E-state index is 14.0. The number of amides is 2. The van der Waals surface area contributed by atoms with Crippen molar-refractivity contribution in [3.05, 3.63) is 44.3 Å². The minimum atomic E-state index is -0.592. The number of halogens is 2. The zero-order chi connectivity index (χ0) is 22.8. The molecule has 0 bridgehead atoms. The lowest BCUT2D eigenvalue weighted by Gasteiger charge is -2.32. The minimum absolute atomic E-state index is 0.0192. The van der Waals surface area contributed by atoms with Crippen LogP contribution in [0.4, 0.5) is 9.18 Å². The van der Waals surface area contributed by atoms with E-state index < -0.39 is 17.5 Å². The van der Waals surface area contributed by atoms with Crippen molar-refractivity contribution in [3.8, 4) is 17.2 Å². The predicted octanol–water partition coefficient (Wildman–Crippen LogP) is 5.32. The number of nitrogens with zero attached hydrogens (tertiary/aromatic N) is 2. The molecule has 1 aromatic heterocycles. The van der Waals surface area contributed by atoms with Gasteiger partial charge in [-0.1, -0.05) is 6.07 Å². The Morgan fingerprint density at radius 2 is 1.97 bits per heavy atom. The maximum atomic E-state index is 14.0. The summed E-state index contributed by atoms with van der Waals surface area (Å²) in [6, 6.07) is 7.90. The molecule has 1 fully saturated rings. The molecular formula is C22H23BrFN3O3S. The Morgan fingerprint density at radius 1 is 1.29 bits per heavy atom. The second kappa shape index (κ2) is 9.37. The van der Waals surface area contributed by atoms with Crippen LogP contribution < -0.4 is 5.32 Å². The van der Waals surface area contributed by atoms with E-state index in [0.29, 0.717) is 41.9 Å². The van der Waals surface area contributed by atoms with Crippen molar-refractivity contribution >= 4 is 39.3 Å². The Labute approximate surface area is 193 Å². The number of nitriles is 1. The zero-order valence-corrected chi connectivity index (χ0v) is 19.9. The van der Waals surface area contributed by atoms with Gasteiger partial charge in [-0.05, 0) is 73.3 Å². The van der Waals surface area contributed by atoms with E-state index in [4.69, 9.17) is 10.00 Å². The van der Waals surface area contributed by atoms with Gasteiger partial charge in [0.05, 0.1) is 14.2 Å². The van der Waals surface area contributed by atoms with Gasteiger partial charge in [0.2, 0.25) is 0 Å². The standard InChI is InChI=1S/C22H23BrFN3O3S/c1-22(2,3)30-21(29)26-15-6-8-27(9-7-15)20(28)18-11-16(19(23)31-18)13-4-5-14(12-25)17(24)10-13/h4-5,10-11,15H,6-9H2,1-3H3,(H,26,29). The fourth-order valence-electron chi connectivity index (χ4n) is 3.30. The van der Waals surface area contributed by atoms with E-state index in [1.54, 1.807) is 23.1 Å². The number of benzene rings is 1. The van der Waals surface area contributed by atoms with E-state index in [9.17, 15) is 14.0 Å². The number of piperidine rings is 1. The van der Waals surface area contributed by atoms with E-state index in [0.717, 1.165) is 3.79 Å². The molecule has 1 aliphatic rings. The number of rotatable bonds is 3. The Bertz CT molecular complexity index is 1030. The van der Waals surface area contributed by atoms with Crippen molar-refractivity contribution < 1.29 is 18.7 Å². The lowest BCUT2D eigenvalue weighted by molar-refractivity contribution is 0.0474. The number of likely N-dealkylation sites (tertiary alicyclic amines) is 1. The third kappa shape index (κ3) is 5.83. The lowest BCUT2D eigenvalue weighted by atomic mass is 10.0. The van der Waals surface area contributed by atoms with Gasteiger partial charge < -0.3 is 15.0 Å². The molecule has 6 nitrogen and oxygen atoms in total. The second-order valence-electron chi connectivity index (χ2n) is 8.32. The van der Waals surface area contributed by atoms with Crippen LogP contribution in [-0.2, 0) is 4.74 Å². The predicted molar refractivity (Wildman–Crippen MR) is 120 cm³/mol. The first kappa shape index (κ1) is 23.2. The summed E-state index contributed by atoms with van der Waals surface area (Å²) in [6.07, 6.45) is 0.843. The summed E-state index contributed by atoms with van der Waals surface area (Å²) < 4.78 is 20.0. The van der Waals surface area contributed by atoms with E-state index in [1.165, 1.54) is 23.5 Å². The number of hydrogen-bond donors (Lipinski definition) is 1. The van der Waals surface area contributed by atoms with Gasteiger partial charge in [0, 0.05) is 24.7 Å². The van der Waals surface area contributed by atoms with Gasteiger partial charge in [0.1, 0.15) is 17.5 Å². The molecule has 0 atom stereocenters. The average molecular weight is 508 g/mol. The smallest absolute Gasteiger partial charge is 0.407 e. The monoisotopic (exact) mass is 507 g/mol. The van der Waals surface area contributed by atoms with E-state index >= 15 is 0 Å². The summed E-state index contributed by atoms with van der Waals surface area (Å²) in [6.45, 7) is 6.49. The summed E-state index contributed by atoms with van der Waals surface area (Å²) in [7, 11) is 0. The third-order valence-electron chi connectivity index (χ3n) is 4.80. The highest BCUT2D eigenvalue weighted by Crippen LogP contribution is 2.37. The Balaban J connectivity index is 1.63. The maximum Gasteiger partial charge on any atom is 0.407 e. The van der Waals surface area contributed by atoms with Gasteiger partial charge in [-0.3, -0.25) is 4.79 Å². The van der Waals surface area contributed by atoms with Gasteiger partial charge >= 0.3 is 6.09 Å². The summed E-state index contributed by atoms with van der Waals surface area (Å²) in [5.41, 5.74) is 0.731. The van der Waals surface area contributed by atoms with Crippen LogP contribution in [0.3, 0.4) is 0 Å². The molecule has 0 aliphatic carbocycles. The summed E-state index contributed by atoms with van der Waals surface area (Å²) in [4.78, 5) is 27.2. The first-order chi connectivity index (χ1) is 14.6. The molecule has 0 saturated carbocycles. The molecule has 2 aromatic rings. The SMILES string of the molecule is CC(C)(C)OC(=O)NC1CCN(C(=O)c2cc(-c3ccc(C#N)c(F)c3)c(Br)s2)CC1. The van der Waals surface area contributed by atoms with Gasteiger partial charge in [-0.2, -0.15) is 5.26 Å². The van der Waals surface area contributed by atoms with Gasteiger partial charge in [-0.15, -0.1) is 11.3 Å². The number of thiophene rings is 1. The topological polar surface area (TPSA) is 82.4 Å². The van der Waals surface area contributed by atoms with Crippen molar-refractivity contribution in [1.29, 1.82) is 5.26 Å². The van der Waals surface area contributed by atoms with Crippen molar-refractivity contribution in [2.45, 2.75) is 45.3 Å². The molecule has 3 rings (SSSR count). The highest BCUT2D eigenvalue weighted by Gasteiger charge is 2.27. The van der Waals surface area contributed by atoms with Crippen LogP contribution >= 0.6 is 27.3 Å². The molecule has 0 radical (unpaired) electrons. The van der Waals surface area contributed by atoms with Crippen LogP contribution in [-0.4, -0.2) is 41.6 Å². The molecule has 1 N–H and O–H groups in total. The van der Waals surface area contributed by atoms with Crippen LogP contribution in [0.1, 0.15) is 48.8 Å². The van der Waals surface area contributed by atoms with E-state index in [2.05, 4.69) is 21.2 Å². The molecule has 2 heterocycles. The molecule has 1 aliphatic heterocycles. The number of ether oxygens (including phenoxy) is 1. The number of carbonyl (C=O) groups excluding carboxylic acids is 2. The van der Waals surface area contributed by atoms with Gasteiger partial charge in [-0.25, -0.2) is 9.18 Å². The van der Waals surface area contributed by atoms with Gasteiger partial charge in [0.25, 0.3) is 5.91 Å². The van der Waals surface area contributed by atoms with Crippen LogP contribution in [0.25, 0.3) is 11.1 Å². The average Bonchev–Trinajstić information content (AvgIpc) is 3.08. The third-order valence-corrected chi connectivity index (χ3v) is 6.63. The molecule has 0 unspecified atom stereocenters. The largest absolute Gasteiger partial charge is 0.444 e. The number of nitrogens with one attached hydrogen (secondary N) is 1. The van der Waals surface area contributed by atoms with Gasteiger partial charge in [0.15, 0.2) is 0 Å². The summed E-state index contributed by atoms with van der Waals surface area (Å²) in [5, 5.41) is 11.8. The number of carbonyl (C=O) groups is 2. The highest BCUT2D eigenvalue weighted by atomic mass is 79.9. The fraction of sp³-hybridized carbons (Fsp3) is 0.409. The zero-order valence-electron chi connectivity index (χ0n) is 17.5. The molecule has 1 saturated heterocycles. The molecule has 31 heavy (non-hydrogen) atoms. The molecule has 0 spiro atoms. The second-order valence-corrected chi connectivity index (χ2v) is 10.7. The first-order valence-electron chi connectivity index (χ1n) is 9.85. The van der Waals surface area contributed by atoms with Crippen LogP contribution in [0.15, 0.2) is 28.1 Å². The Morgan fingerprint density at radius 3 is 2.55 bits per heavy atom. The summed E-state index contributed by atoms with van der Waals surface area (Å²) in [5.74, 6) is -0.688. The van der Waals surface area contributed by atoms with Crippen LogP contribution in [0.5, 0.6) is 0 Å². The number of alkyl carbamates (subject to hydrolysis) is 1. The van der Waals surface area contributed by atoms with E-state index in [1.807, 2.05) is 20.8 Å². The fourth-order valence-corrected chi connectivity index (χ4v) is 5.04. The van der Waals surface area contributed by atoms with Crippen molar-refractivity contribution in [1.82, 2.24) is 10.2 Å². The Kier molecular flexibility index (Phi) is 7.02. The molecular weight excluding hydrogens is 485 g/mol. The van der Waals surface area contributed by atoms with Crippen LogP contribution in [0, 0.1) is 17.1 Å². The van der Waals surface area contributed by atoms with Crippen molar-refractivity contribution in [2.24, 2.45) is 0 Å².